The van der Waals surface area contributed by atoms with E-state index in [-0.39, 0.29) is 5.82 Å². The minimum absolute atomic E-state index is 0.282. The Morgan fingerprint density at radius 1 is 1.23 bits per heavy atom. The number of hydrogen-bond donors (Lipinski definition) is 2. The molecule has 0 fully saturated rings. The Bertz CT molecular complexity index is 1080. The summed E-state index contributed by atoms with van der Waals surface area (Å²) >= 11 is 0. The molecule has 0 unspecified atom stereocenters. The molecule has 0 radical (unpaired) electrons. The third-order valence-electron chi connectivity index (χ3n) is 4.11. The third kappa shape index (κ3) is 3.09. The van der Waals surface area contributed by atoms with Gasteiger partial charge in [-0.2, -0.15) is 9.61 Å². The van der Waals surface area contributed by atoms with Gasteiger partial charge in [0, 0.05) is 40.7 Å². The molecule has 0 aliphatic carbocycles. The molecule has 8 heteroatoms. The molecule has 3 aromatic heterocycles. The molecule has 0 saturated heterocycles. The Morgan fingerprint density at radius 3 is 2.81 bits per heavy atom. The zero-order chi connectivity index (χ0) is 18.1. The molecule has 0 bridgehead atoms. The SMILES string of the molecule is Bc1cnn2c(NCc3ccc[n+](O)c3)cc(-c3ccc(F)cc3)nc12. The molecule has 6 nitrogen and oxygen atoms in total. The van der Waals surface area contributed by atoms with E-state index in [1.54, 1.807) is 41.3 Å². The molecule has 0 atom stereocenters. The smallest absolute Gasteiger partial charge is 0.227 e. The molecule has 26 heavy (non-hydrogen) atoms. The summed E-state index contributed by atoms with van der Waals surface area (Å²) in [5, 5.41) is 17.2. The minimum Gasteiger partial charge on any atom is -0.366 e. The first-order chi connectivity index (χ1) is 12.6. The van der Waals surface area contributed by atoms with Crippen LogP contribution in [0.2, 0.25) is 0 Å². The van der Waals surface area contributed by atoms with Crippen molar-refractivity contribution < 1.29 is 14.3 Å². The highest BCUT2D eigenvalue weighted by Crippen LogP contribution is 2.22. The molecule has 4 aromatic rings. The topological polar surface area (TPSA) is 66.3 Å². The second-order valence-electron chi connectivity index (χ2n) is 6.04. The van der Waals surface area contributed by atoms with Crippen molar-refractivity contribution in [3.8, 4) is 11.3 Å². The van der Waals surface area contributed by atoms with Gasteiger partial charge < -0.3 is 5.32 Å². The normalized spacial score (nSPS) is 11.0. The number of benzene rings is 1. The van der Waals surface area contributed by atoms with Gasteiger partial charge in [0.15, 0.2) is 5.65 Å². The maximum Gasteiger partial charge on any atom is 0.227 e. The summed E-state index contributed by atoms with van der Waals surface area (Å²) in [6, 6.07) is 11.8. The van der Waals surface area contributed by atoms with Gasteiger partial charge in [-0.15, -0.1) is 0 Å². The Kier molecular flexibility index (Phi) is 4.00. The van der Waals surface area contributed by atoms with Crippen LogP contribution in [0, 0.1) is 5.82 Å². The average Bonchev–Trinajstić information content (AvgIpc) is 3.02. The zero-order valence-electron chi connectivity index (χ0n) is 14.1. The van der Waals surface area contributed by atoms with Gasteiger partial charge in [-0.1, -0.05) is 0 Å². The van der Waals surface area contributed by atoms with E-state index < -0.39 is 0 Å². The van der Waals surface area contributed by atoms with E-state index in [2.05, 4.69) is 15.4 Å². The first-order valence-electron chi connectivity index (χ1n) is 8.15. The lowest BCUT2D eigenvalue weighted by molar-refractivity contribution is -0.905. The van der Waals surface area contributed by atoms with E-state index >= 15 is 0 Å². The van der Waals surface area contributed by atoms with Gasteiger partial charge in [0.1, 0.15) is 19.5 Å². The summed E-state index contributed by atoms with van der Waals surface area (Å²) in [4.78, 5) is 4.66. The molecule has 4 rings (SSSR count). The number of hydrogen-bond acceptors (Lipinski definition) is 4. The van der Waals surface area contributed by atoms with E-state index in [4.69, 9.17) is 0 Å². The maximum atomic E-state index is 13.2. The third-order valence-corrected chi connectivity index (χ3v) is 4.11. The predicted molar refractivity (Wildman–Crippen MR) is 97.7 cm³/mol. The summed E-state index contributed by atoms with van der Waals surface area (Å²) in [7, 11) is 1.94. The summed E-state index contributed by atoms with van der Waals surface area (Å²) in [6.07, 6.45) is 4.93. The van der Waals surface area contributed by atoms with E-state index in [1.807, 2.05) is 20.0 Å². The molecule has 1 aromatic carbocycles. The largest absolute Gasteiger partial charge is 0.366 e. The van der Waals surface area contributed by atoms with Crippen LogP contribution in [0.1, 0.15) is 5.56 Å². The molecule has 128 valence electrons. The van der Waals surface area contributed by atoms with Crippen LogP contribution in [-0.4, -0.2) is 27.7 Å². The predicted octanol–water partition coefficient (Wildman–Crippen LogP) is 0.931. The first kappa shape index (κ1) is 16.1. The van der Waals surface area contributed by atoms with Crippen LogP contribution in [0.4, 0.5) is 10.2 Å². The van der Waals surface area contributed by atoms with Crippen molar-refractivity contribution in [1.82, 2.24) is 14.6 Å². The van der Waals surface area contributed by atoms with Gasteiger partial charge >= 0.3 is 0 Å². The molecule has 0 aliphatic heterocycles. The van der Waals surface area contributed by atoms with Crippen molar-refractivity contribution in [2.45, 2.75) is 6.54 Å². The average molecular weight is 348 g/mol. The Balaban J connectivity index is 1.74. The number of halogens is 1. The van der Waals surface area contributed by atoms with E-state index in [0.29, 0.717) is 6.54 Å². The van der Waals surface area contributed by atoms with Gasteiger partial charge in [0.05, 0.1) is 5.69 Å². The van der Waals surface area contributed by atoms with Gasteiger partial charge in [-0.3, -0.25) is 5.21 Å². The Labute approximate surface area is 149 Å². The molecule has 3 heterocycles. The van der Waals surface area contributed by atoms with Crippen LogP contribution in [-0.2, 0) is 6.54 Å². The highest BCUT2D eigenvalue weighted by Gasteiger charge is 2.11. The number of anilines is 1. The van der Waals surface area contributed by atoms with E-state index in [9.17, 15) is 9.60 Å². The standard InChI is InChI=1S/C18H16BFN5O/c19-15-10-22-25-17(21-9-12-2-1-7-24(26)11-12)8-16(23-18(15)25)13-3-5-14(20)6-4-13/h1-8,10-11,21,26H,9,19H2/q+1. The minimum atomic E-state index is -0.282. The summed E-state index contributed by atoms with van der Waals surface area (Å²) in [5.74, 6) is 0.478. The van der Waals surface area contributed by atoms with Crippen molar-refractivity contribution in [3.05, 3.63) is 72.4 Å². The second-order valence-corrected chi connectivity index (χ2v) is 6.04. The van der Waals surface area contributed by atoms with E-state index in [0.717, 1.165) is 38.5 Å². The molecule has 2 N–H and O–H groups in total. The molecular formula is C18H16BFN5O+. The zero-order valence-corrected chi connectivity index (χ0v) is 14.1. The van der Waals surface area contributed by atoms with Crippen molar-refractivity contribution in [2.24, 2.45) is 0 Å². The fraction of sp³-hybridized carbons (Fsp3) is 0.0556. The van der Waals surface area contributed by atoms with Gasteiger partial charge in [0.2, 0.25) is 12.4 Å². The highest BCUT2D eigenvalue weighted by molar-refractivity contribution is 6.36. The summed E-state index contributed by atoms with van der Waals surface area (Å²) in [6.45, 7) is 0.502. The van der Waals surface area contributed by atoms with Crippen LogP contribution < -0.4 is 15.5 Å². The number of fused-ring (bicyclic) bond motifs is 1. The lowest BCUT2D eigenvalue weighted by atomic mass is 10.0. The number of nitrogens with zero attached hydrogens (tertiary/aromatic N) is 4. The van der Waals surface area contributed by atoms with Crippen molar-refractivity contribution >= 4 is 24.8 Å². The van der Waals surface area contributed by atoms with Crippen LogP contribution in [0.15, 0.2) is 61.1 Å². The molecule has 0 spiro atoms. The lowest BCUT2D eigenvalue weighted by Crippen LogP contribution is -2.29. The first-order valence-corrected chi connectivity index (χ1v) is 8.15. The van der Waals surface area contributed by atoms with Gasteiger partial charge in [-0.05, 0) is 35.8 Å². The quantitative estimate of drug-likeness (QED) is 0.327. The van der Waals surface area contributed by atoms with Crippen LogP contribution in [0.25, 0.3) is 16.9 Å². The monoisotopic (exact) mass is 348 g/mol. The summed E-state index contributed by atoms with van der Waals surface area (Å²) < 4.78 is 16.0. The van der Waals surface area contributed by atoms with Crippen molar-refractivity contribution in [2.75, 3.05) is 5.32 Å². The number of nitrogens with one attached hydrogen (secondary N) is 1. The molecule has 0 amide bonds. The molecule has 0 aliphatic rings. The maximum absolute atomic E-state index is 13.2. The number of aromatic nitrogens is 4. The highest BCUT2D eigenvalue weighted by atomic mass is 19.1. The van der Waals surface area contributed by atoms with Crippen LogP contribution in [0.5, 0.6) is 0 Å². The van der Waals surface area contributed by atoms with Crippen molar-refractivity contribution in [3.63, 3.8) is 0 Å². The molecule has 0 saturated carbocycles. The van der Waals surface area contributed by atoms with Gasteiger partial charge in [-0.25, -0.2) is 9.37 Å². The van der Waals surface area contributed by atoms with E-state index in [1.165, 1.54) is 12.1 Å². The molecular weight excluding hydrogens is 332 g/mol. The lowest BCUT2D eigenvalue weighted by Gasteiger charge is -2.11. The van der Waals surface area contributed by atoms with Crippen molar-refractivity contribution in [1.29, 1.82) is 0 Å². The number of pyridine rings is 1. The Hall–Kier alpha value is -3.42. The fourth-order valence-corrected chi connectivity index (χ4v) is 2.78. The summed E-state index contributed by atoms with van der Waals surface area (Å²) in [5.41, 5.74) is 4.15. The number of rotatable bonds is 4. The Morgan fingerprint density at radius 2 is 2.04 bits per heavy atom. The fourth-order valence-electron chi connectivity index (χ4n) is 2.78. The van der Waals surface area contributed by atoms with Crippen LogP contribution >= 0.6 is 0 Å². The van der Waals surface area contributed by atoms with Gasteiger partial charge in [0.25, 0.3) is 0 Å². The second kappa shape index (κ2) is 6.47. The van der Waals surface area contributed by atoms with Crippen LogP contribution in [0.3, 0.4) is 0 Å².